The average Bonchev–Trinajstić information content (AvgIpc) is 2.66. The van der Waals surface area contributed by atoms with Crippen LogP contribution in [0.2, 0.25) is 0 Å². The zero-order valence-corrected chi connectivity index (χ0v) is 9.65. The topological polar surface area (TPSA) is 37.3 Å². The summed E-state index contributed by atoms with van der Waals surface area (Å²) >= 11 is 0. The minimum Gasteiger partial charge on any atom is -0.481 e. The van der Waals surface area contributed by atoms with Crippen LogP contribution in [0.3, 0.4) is 0 Å². The molecular weight excluding hydrogens is 200 g/mol. The lowest BCUT2D eigenvalue weighted by Crippen LogP contribution is -2.12. The normalized spacial score (nSPS) is 24.6. The lowest BCUT2D eigenvalue weighted by Gasteiger charge is -2.20. The number of benzene rings is 1. The summed E-state index contributed by atoms with van der Waals surface area (Å²) in [5.74, 6) is 0.126. The van der Waals surface area contributed by atoms with Crippen LogP contribution in [-0.2, 0) is 4.79 Å². The molecule has 1 saturated carbocycles. The maximum Gasteiger partial charge on any atom is 0.303 e. The summed E-state index contributed by atoms with van der Waals surface area (Å²) in [5.41, 5.74) is 2.65. The number of hydrogen-bond donors (Lipinski definition) is 1. The second-order valence-corrected chi connectivity index (χ2v) is 4.75. The molecule has 1 fully saturated rings. The molecule has 2 atom stereocenters. The first kappa shape index (κ1) is 11.2. The van der Waals surface area contributed by atoms with Gasteiger partial charge in [0, 0.05) is 6.42 Å². The van der Waals surface area contributed by atoms with Crippen molar-refractivity contribution in [2.75, 3.05) is 0 Å². The fraction of sp³-hybridized carbons (Fsp3) is 0.500. The molecule has 2 nitrogen and oxygen atoms in total. The van der Waals surface area contributed by atoms with Crippen molar-refractivity contribution in [2.24, 2.45) is 5.92 Å². The molecule has 0 saturated heterocycles. The van der Waals surface area contributed by atoms with Crippen molar-refractivity contribution in [2.45, 2.75) is 38.5 Å². The van der Waals surface area contributed by atoms with E-state index in [2.05, 4.69) is 25.1 Å². The van der Waals surface area contributed by atoms with E-state index in [9.17, 15) is 4.79 Å². The van der Waals surface area contributed by atoms with E-state index in [0.717, 1.165) is 19.3 Å². The van der Waals surface area contributed by atoms with Gasteiger partial charge in [0.25, 0.3) is 0 Å². The number of carbonyl (C=O) groups is 1. The summed E-state index contributed by atoms with van der Waals surface area (Å²) in [6.07, 6.45) is 3.68. The first-order valence-electron chi connectivity index (χ1n) is 5.96. The Bertz CT molecular complexity index is 384. The van der Waals surface area contributed by atoms with E-state index in [1.54, 1.807) is 0 Å². The van der Waals surface area contributed by atoms with Gasteiger partial charge in [0.2, 0.25) is 0 Å². The molecule has 86 valence electrons. The molecule has 0 aliphatic heterocycles. The van der Waals surface area contributed by atoms with Gasteiger partial charge in [0.1, 0.15) is 0 Å². The molecule has 1 aromatic carbocycles. The first-order valence-corrected chi connectivity index (χ1v) is 5.96. The van der Waals surface area contributed by atoms with Gasteiger partial charge in [-0.15, -0.1) is 0 Å². The molecule has 2 rings (SSSR count). The van der Waals surface area contributed by atoms with Crippen molar-refractivity contribution in [3.63, 3.8) is 0 Å². The van der Waals surface area contributed by atoms with Crippen LogP contribution in [0.4, 0.5) is 0 Å². The first-order chi connectivity index (χ1) is 7.68. The van der Waals surface area contributed by atoms with Crippen LogP contribution in [0, 0.1) is 12.8 Å². The van der Waals surface area contributed by atoms with E-state index >= 15 is 0 Å². The number of carboxylic acid groups (broad SMARTS) is 1. The molecule has 0 heterocycles. The fourth-order valence-corrected chi connectivity index (χ4v) is 2.92. The lowest BCUT2D eigenvalue weighted by molar-refractivity contribution is -0.138. The predicted molar refractivity (Wildman–Crippen MR) is 63.5 cm³/mol. The van der Waals surface area contributed by atoms with Crippen LogP contribution in [0.1, 0.15) is 42.7 Å². The summed E-state index contributed by atoms with van der Waals surface area (Å²) in [4.78, 5) is 10.8. The average molecular weight is 218 g/mol. The van der Waals surface area contributed by atoms with Crippen molar-refractivity contribution in [1.29, 1.82) is 0 Å². The van der Waals surface area contributed by atoms with Crippen molar-refractivity contribution in [3.8, 4) is 0 Å². The smallest absolute Gasteiger partial charge is 0.303 e. The Morgan fingerprint density at radius 3 is 2.81 bits per heavy atom. The quantitative estimate of drug-likeness (QED) is 0.844. The molecule has 0 bridgehead atoms. The largest absolute Gasteiger partial charge is 0.481 e. The molecule has 0 spiro atoms. The van der Waals surface area contributed by atoms with Gasteiger partial charge < -0.3 is 5.11 Å². The fourth-order valence-electron chi connectivity index (χ4n) is 2.92. The number of aryl methyl sites for hydroxylation is 1. The van der Waals surface area contributed by atoms with E-state index in [4.69, 9.17) is 5.11 Å². The van der Waals surface area contributed by atoms with E-state index in [0.29, 0.717) is 18.3 Å². The van der Waals surface area contributed by atoms with Gasteiger partial charge in [-0.25, -0.2) is 0 Å². The number of carboxylic acids is 1. The highest BCUT2D eigenvalue weighted by molar-refractivity contribution is 5.67. The second kappa shape index (κ2) is 4.69. The predicted octanol–water partition coefficient (Wildman–Crippen LogP) is 3.35. The maximum absolute atomic E-state index is 10.8. The van der Waals surface area contributed by atoms with Gasteiger partial charge in [-0.05, 0) is 42.7 Å². The van der Waals surface area contributed by atoms with Crippen LogP contribution in [0.25, 0.3) is 0 Å². The molecule has 16 heavy (non-hydrogen) atoms. The summed E-state index contributed by atoms with van der Waals surface area (Å²) in [6.45, 7) is 2.12. The van der Waals surface area contributed by atoms with Gasteiger partial charge >= 0.3 is 5.97 Å². The van der Waals surface area contributed by atoms with Gasteiger partial charge in [-0.2, -0.15) is 0 Å². The van der Waals surface area contributed by atoms with Crippen molar-refractivity contribution >= 4 is 5.97 Å². The standard InChI is InChI=1S/C14H18O2/c1-10-5-2-3-7-12(10)13-8-4-6-11(13)9-14(15)16/h2-3,5,7,11,13H,4,6,8-9H2,1H3,(H,15,16). The van der Waals surface area contributed by atoms with Crippen LogP contribution < -0.4 is 0 Å². The Kier molecular flexibility index (Phi) is 3.28. The molecule has 1 aliphatic rings. The van der Waals surface area contributed by atoms with Crippen LogP contribution in [-0.4, -0.2) is 11.1 Å². The molecule has 1 aliphatic carbocycles. The summed E-state index contributed by atoms with van der Waals surface area (Å²) in [6, 6.07) is 8.37. The Labute approximate surface area is 96.3 Å². The highest BCUT2D eigenvalue weighted by Gasteiger charge is 2.30. The SMILES string of the molecule is Cc1ccccc1C1CCCC1CC(=O)O. The molecular formula is C14H18O2. The van der Waals surface area contributed by atoms with Gasteiger partial charge in [-0.1, -0.05) is 30.7 Å². The molecule has 0 aromatic heterocycles. The third-order valence-corrected chi connectivity index (χ3v) is 3.68. The van der Waals surface area contributed by atoms with E-state index in [1.807, 2.05) is 6.07 Å². The molecule has 0 radical (unpaired) electrons. The molecule has 2 heteroatoms. The van der Waals surface area contributed by atoms with Crippen LogP contribution in [0.5, 0.6) is 0 Å². The minimum atomic E-state index is -0.662. The summed E-state index contributed by atoms with van der Waals surface area (Å²) in [5, 5.41) is 8.91. The number of rotatable bonds is 3. The Hall–Kier alpha value is -1.31. The van der Waals surface area contributed by atoms with Gasteiger partial charge in [0.15, 0.2) is 0 Å². The Morgan fingerprint density at radius 2 is 2.12 bits per heavy atom. The molecule has 1 N–H and O–H groups in total. The maximum atomic E-state index is 10.8. The zero-order valence-electron chi connectivity index (χ0n) is 9.65. The summed E-state index contributed by atoms with van der Waals surface area (Å²) in [7, 11) is 0. The Morgan fingerprint density at radius 1 is 1.38 bits per heavy atom. The minimum absolute atomic E-state index is 0.318. The van der Waals surface area contributed by atoms with Crippen LogP contribution in [0.15, 0.2) is 24.3 Å². The Balaban J connectivity index is 2.20. The van der Waals surface area contributed by atoms with Gasteiger partial charge in [-0.3, -0.25) is 4.79 Å². The van der Waals surface area contributed by atoms with Crippen molar-refractivity contribution < 1.29 is 9.90 Å². The van der Waals surface area contributed by atoms with Gasteiger partial charge in [0.05, 0.1) is 0 Å². The van der Waals surface area contributed by atoms with E-state index in [-0.39, 0.29) is 0 Å². The monoisotopic (exact) mass is 218 g/mol. The number of hydrogen-bond acceptors (Lipinski definition) is 1. The highest BCUT2D eigenvalue weighted by Crippen LogP contribution is 2.42. The molecule has 0 amide bonds. The molecule has 2 unspecified atom stereocenters. The third kappa shape index (κ3) is 2.26. The van der Waals surface area contributed by atoms with E-state index in [1.165, 1.54) is 11.1 Å². The highest BCUT2D eigenvalue weighted by atomic mass is 16.4. The third-order valence-electron chi connectivity index (χ3n) is 3.68. The lowest BCUT2D eigenvalue weighted by atomic mass is 9.85. The summed E-state index contributed by atoms with van der Waals surface area (Å²) < 4.78 is 0. The van der Waals surface area contributed by atoms with E-state index < -0.39 is 5.97 Å². The number of aliphatic carboxylic acids is 1. The second-order valence-electron chi connectivity index (χ2n) is 4.75. The van der Waals surface area contributed by atoms with Crippen molar-refractivity contribution in [1.82, 2.24) is 0 Å². The van der Waals surface area contributed by atoms with Crippen LogP contribution >= 0.6 is 0 Å². The molecule has 1 aromatic rings. The zero-order chi connectivity index (χ0) is 11.5. The van der Waals surface area contributed by atoms with Crippen molar-refractivity contribution in [3.05, 3.63) is 35.4 Å².